The minimum Gasteiger partial charge on any atom is -0.356 e. The Morgan fingerprint density at radius 2 is 1.67 bits per heavy atom. The van der Waals surface area contributed by atoms with Crippen molar-refractivity contribution in [2.75, 3.05) is 31.5 Å². The molecule has 0 atom stereocenters. The van der Waals surface area contributed by atoms with Crippen LogP contribution in [0, 0.1) is 30.5 Å². The van der Waals surface area contributed by atoms with E-state index in [0.29, 0.717) is 19.6 Å². The van der Waals surface area contributed by atoms with Gasteiger partial charge >= 0.3 is 0 Å². The maximum Gasteiger partial charge on any atom is 0.224 e. The minimum atomic E-state index is -0.502. The number of amides is 2. The maximum absolute atomic E-state index is 13.4. The van der Waals surface area contributed by atoms with E-state index in [1.54, 1.807) is 12.1 Å². The zero-order chi connectivity index (χ0) is 19.9. The molecule has 0 saturated carbocycles. The van der Waals surface area contributed by atoms with Crippen molar-refractivity contribution in [1.82, 2.24) is 10.2 Å². The third-order valence-corrected chi connectivity index (χ3v) is 3.83. The zero-order valence-corrected chi connectivity index (χ0v) is 15.5. The van der Waals surface area contributed by atoms with E-state index in [1.807, 2.05) is 4.90 Å². The lowest BCUT2D eigenvalue weighted by Gasteiger charge is -2.16. The third-order valence-electron chi connectivity index (χ3n) is 3.83. The topological polar surface area (TPSA) is 61.4 Å². The van der Waals surface area contributed by atoms with E-state index in [9.17, 15) is 14.0 Å². The van der Waals surface area contributed by atoms with Crippen LogP contribution in [-0.4, -0.2) is 42.9 Å². The molecule has 144 valence electrons. The number of nitrogens with zero attached hydrogens (tertiary/aromatic N) is 1. The molecule has 0 saturated heterocycles. The Kier molecular flexibility index (Phi) is 11.0. The molecule has 0 aromatic heterocycles. The molecular formula is C21H26FN3O2. The fourth-order valence-electron chi connectivity index (χ4n) is 2.43. The predicted molar refractivity (Wildman–Crippen MR) is 105 cm³/mol. The van der Waals surface area contributed by atoms with Crippen molar-refractivity contribution in [3.63, 3.8) is 0 Å². The van der Waals surface area contributed by atoms with Gasteiger partial charge in [-0.25, -0.2) is 4.39 Å². The molecule has 0 heterocycles. The molecule has 1 aromatic rings. The van der Waals surface area contributed by atoms with E-state index in [1.165, 1.54) is 12.1 Å². The predicted octanol–water partition coefficient (Wildman–Crippen LogP) is 2.40. The molecule has 0 spiro atoms. The van der Waals surface area contributed by atoms with Crippen molar-refractivity contribution < 1.29 is 14.0 Å². The monoisotopic (exact) mass is 371 g/mol. The number of rotatable bonds is 12. The normalized spacial score (nSPS) is 10.1. The summed E-state index contributed by atoms with van der Waals surface area (Å²) >= 11 is 0. The number of anilines is 1. The van der Waals surface area contributed by atoms with Crippen LogP contribution in [0.25, 0.3) is 0 Å². The van der Waals surface area contributed by atoms with E-state index in [0.717, 1.165) is 25.8 Å². The van der Waals surface area contributed by atoms with E-state index in [2.05, 4.69) is 22.5 Å². The van der Waals surface area contributed by atoms with Gasteiger partial charge in [-0.15, -0.1) is 12.8 Å². The average Bonchev–Trinajstić information content (AvgIpc) is 2.65. The van der Waals surface area contributed by atoms with Gasteiger partial charge in [0.1, 0.15) is 5.82 Å². The standard InChI is InChI=1S/C21H26FN3O2/c1-3-15-25(16-4-2)17-9-5-8-14-23-20(26)12-13-21(27)24-19-11-7-6-10-18(19)22/h1-2,6-7,10-11H,5,8-9,12-17H2,(H,23,26)(H,24,27). The largest absolute Gasteiger partial charge is 0.356 e. The number of nitrogens with one attached hydrogen (secondary N) is 2. The van der Waals surface area contributed by atoms with Gasteiger partial charge < -0.3 is 10.6 Å². The summed E-state index contributed by atoms with van der Waals surface area (Å²) in [4.78, 5) is 25.5. The highest BCUT2D eigenvalue weighted by atomic mass is 19.1. The van der Waals surface area contributed by atoms with Gasteiger partial charge in [-0.3, -0.25) is 14.5 Å². The van der Waals surface area contributed by atoms with E-state index in [4.69, 9.17) is 12.8 Å². The van der Waals surface area contributed by atoms with Crippen molar-refractivity contribution in [3.8, 4) is 24.7 Å². The van der Waals surface area contributed by atoms with Gasteiger partial charge in [-0.1, -0.05) is 30.4 Å². The second kappa shape index (κ2) is 13.4. The molecule has 2 amide bonds. The van der Waals surface area contributed by atoms with Gasteiger partial charge in [0.2, 0.25) is 11.8 Å². The molecule has 1 rings (SSSR count). The Bertz CT molecular complexity index is 675. The molecule has 0 aliphatic rings. The maximum atomic E-state index is 13.4. The third kappa shape index (κ3) is 10.0. The van der Waals surface area contributed by atoms with Gasteiger partial charge in [0, 0.05) is 25.9 Å². The van der Waals surface area contributed by atoms with Crippen LogP contribution in [-0.2, 0) is 9.59 Å². The molecule has 0 fully saturated rings. The van der Waals surface area contributed by atoms with E-state index in [-0.39, 0.29) is 24.4 Å². The first kappa shape index (κ1) is 22.2. The Balaban J connectivity index is 2.10. The first-order valence-electron chi connectivity index (χ1n) is 8.97. The minimum absolute atomic E-state index is 0.00725. The van der Waals surface area contributed by atoms with Crippen LogP contribution in [0.2, 0.25) is 0 Å². The number of hydrogen-bond donors (Lipinski definition) is 2. The van der Waals surface area contributed by atoms with Crippen LogP contribution >= 0.6 is 0 Å². The summed E-state index contributed by atoms with van der Waals surface area (Å²) in [5.41, 5.74) is 0.117. The van der Waals surface area contributed by atoms with Crippen molar-refractivity contribution in [2.45, 2.75) is 32.1 Å². The summed E-state index contributed by atoms with van der Waals surface area (Å²) in [6.45, 7) is 2.46. The highest BCUT2D eigenvalue weighted by Gasteiger charge is 2.09. The van der Waals surface area contributed by atoms with Crippen molar-refractivity contribution in [1.29, 1.82) is 0 Å². The smallest absolute Gasteiger partial charge is 0.224 e. The Morgan fingerprint density at radius 3 is 2.33 bits per heavy atom. The summed E-state index contributed by atoms with van der Waals surface area (Å²) in [5.74, 6) is 4.07. The van der Waals surface area contributed by atoms with Gasteiger partial charge in [0.15, 0.2) is 0 Å². The van der Waals surface area contributed by atoms with Crippen molar-refractivity contribution in [2.24, 2.45) is 0 Å². The number of para-hydroxylation sites is 1. The fourth-order valence-corrected chi connectivity index (χ4v) is 2.43. The zero-order valence-electron chi connectivity index (χ0n) is 15.5. The lowest BCUT2D eigenvalue weighted by atomic mass is 10.2. The molecule has 6 heteroatoms. The second-order valence-electron chi connectivity index (χ2n) is 6.06. The first-order chi connectivity index (χ1) is 13.1. The van der Waals surface area contributed by atoms with Crippen LogP contribution in [0.5, 0.6) is 0 Å². The Hall–Kier alpha value is -2.83. The lowest BCUT2D eigenvalue weighted by Crippen LogP contribution is -2.27. The molecule has 5 nitrogen and oxygen atoms in total. The summed E-state index contributed by atoms with van der Waals surface area (Å²) in [5, 5.41) is 5.23. The number of halogens is 1. The second-order valence-corrected chi connectivity index (χ2v) is 6.06. The summed E-state index contributed by atoms with van der Waals surface area (Å²) in [7, 11) is 0. The van der Waals surface area contributed by atoms with Crippen LogP contribution in [0.4, 0.5) is 10.1 Å². The number of unbranched alkanes of at least 4 members (excludes halogenated alkanes) is 2. The molecular weight excluding hydrogens is 345 g/mol. The summed E-state index contributed by atoms with van der Waals surface area (Å²) < 4.78 is 13.4. The Labute approximate surface area is 160 Å². The van der Waals surface area contributed by atoms with E-state index < -0.39 is 11.7 Å². The highest BCUT2D eigenvalue weighted by molar-refractivity contribution is 5.93. The van der Waals surface area contributed by atoms with Crippen LogP contribution < -0.4 is 10.6 Å². The van der Waals surface area contributed by atoms with Crippen LogP contribution in [0.1, 0.15) is 32.1 Å². The first-order valence-corrected chi connectivity index (χ1v) is 8.97. The van der Waals surface area contributed by atoms with Gasteiger partial charge in [-0.2, -0.15) is 0 Å². The quantitative estimate of drug-likeness (QED) is 0.438. The Morgan fingerprint density at radius 1 is 1.00 bits per heavy atom. The van der Waals surface area contributed by atoms with Gasteiger partial charge in [0.25, 0.3) is 0 Å². The number of carbonyl (C=O) groups excluding carboxylic acids is 2. The summed E-state index contributed by atoms with van der Waals surface area (Å²) in [6.07, 6.45) is 13.4. The van der Waals surface area contributed by atoms with Crippen LogP contribution in [0.15, 0.2) is 24.3 Å². The molecule has 0 radical (unpaired) electrons. The molecule has 2 N–H and O–H groups in total. The number of benzene rings is 1. The SMILES string of the molecule is C#CCN(CC#C)CCCCCNC(=O)CCC(=O)Nc1ccccc1F. The number of carbonyl (C=O) groups is 2. The molecule has 0 aliphatic carbocycles. The van der Waals surface area contributed by atoms with Gasteiger partial charge in [-0.05, 0) is 25.0 Å². The van der Waals surface area contributed by atoms with Gasteiger partial charge in [0.05, 0.1) is 18.8 Å². The van der Waals surface area contributed by atoms with Crippen molar-refractivity contribution >= 4 is 17.5 Å². The lowest BCUT2D eigenvalue weighted by molar-refractivity contribution is -0.124. The molecule has 0 bridgehead atoms. The summed E-state index contributed by atoms with van der Waals surface area (Å²) in [6, 6.07) is 5.91. The molecule has 27 heavy (non-hydrogen) atoms. The fraction of sp³-hybridized carbons (Fsp3) is 0.429. The molecule has 0 unspecified atom stereocenters. The molecule has 1 aromatic carbocycles. The van der Waals surface area contributed by atoms with Crippen molar-refractivity contribution in [3.05, 3.63) is 30.1 Å². The number of terminal acetylenes is 2. The number of hydrogen-bond acceptors (Lipinski definition) is 3. The highest BCUT2D eigenvalue weighted by Crippen LogP contribution is 2.12. The van der Waals surface area contributed by atoms with Crippen LogP contribution in [0.3, 0.4) is 0 Å². The van der Waals surface area contributed by atoms with E-state index >= 15 is 0 Å². The molecule has 0 aliphatic heterocycles. The average molecular weight is 371 g/mol.